The number of esters is 3. The summed E-state index contributed by atoms with van der Waals surface area (Å²) in [5.41, 5.74) is 11.4. The molecule has 51 heavy (non-hydrogen) atoms. The molecule has 6 N–H and O–H groups in total. The third-order valence-corrected chi connectivity index (χ3v) is 6.43. The number of halogens is 2. The molecule has 19 nitrogen and oxygen atoms in total. The van der Waals surface area contributed by atoms with E-state index in [1.165, 1.54) is 68.9 Å². The van der Waals surface area contributed by atoms with Gasteiger partial charge < -0.3 is 50.5 Å². The van der Waals surface area contributed by atoms with Crippen LogP contribution < -0.4 is 36.3 Å². The van der Waals surface area contributed by atoms with Crippen LogP contribution >= 0.6 is 24.0 Å². The largest absolute Gasteiger partial charge is 0.495 e. The molecule has 3 rings (SSSR count). The van der Waals surface area contributed by atoms with Crippen LogP contribution in [0, 0.1) is 20.2 Å². The molecule has 3 aromatic rings. The Morgan fingerprint density at radius 1 is 0.627 bits per heavy atom. The fourth-order valence-electron chi connectivity index (χ4n) is 3.79. The number of rotatable bonds is 10. The van der Waals surface area contributed by atoms with Crippen molar-refractivity contribution in [1.29, 1.82) is 0 Å². The van der Waals surface area contributed by atoms with Gasteiger partial charge in [-0.2, -0.15) is 0 Å². The molecule has 0 radical (unpaired) electrons. The first kappa shape index (κ1) is 47.3. The Morgan fingerprint density at radius 2 is 0.961 bits per heavy atom. The van der Waals surface area contributed by atoms with Crippen molar-refractivity contribution in [2.75, 3.05) is 80.2 Å². The van der Waals surface area contributed by atoms with Gasteiger partial charge in [0.2, 0.25) is 0 Å². The lowest BCUT2D eigenvalue weighted by molar-refractivity contribution is -0.384. The molecule has 0 aromatic heterocycles. The predicted octanol–water partition coefficient (Wildman–Crippen LogP) is 4.58. The van der Waals surface area contributed by atoms with Gasteiger partial charge in [0, 0.05) is 26.2 Å². The van der Waals surface area contributed by atoms with Crippen LogP contribution in [0.2, 0.25) is 5.02 Å². The summed E-state index contributed by atoms with van der Waals surface area (Å²) < 4.78 is 28.5. The highest BCUT2D eigenvalue weighted by molar-refractivity contribution is 6.34. The molecule has 0 bridgehead atoms. The number of anilines is 3. The van der Waals surface area contributed by atoms with Gasteiger partial charge in [0.1, 0.15) is 17.2 Å². The van der Waals surface area contributed by atoms with Crippen LogP contribution in [0.4, 0.5) is 28.4 Å². The lowest BCUT2D eigenvalue weighted by Gasteiger charge is -2.12. The topological polar surface area (TPSA) is 269 Å². The standard InChI is InChI=1S/C10H12N2O5.C10H14N2O3.C9H8ClNO5.CH5N.ClH/c1-11-9-7(12(14)15)4-6(10(13)17-3)5-8(9)16-2;1-12-9-7(11)4-6(10(13)15-3)5-8(9)14-2;1-15-7-4-5(9(12)16-2)3-6(8(7)10)11(13)14;1-2;/h4-5,11H,1-3H3;4-5,12H,11H2,1-3H3;3-4H,1-2H3;2H2,1H3;1H. The summed E-state index contributed by atoms with van der Waals surface area (Å²) in [6.45, 7) is 0. The summed E-state index contributed by atoms with van der Waals surface area (Å²) in [5, 5.41) is 26.9. The second kappa shape index (κ2) is 23.5. The third-order valence-electron chi connectivity index (χ3n) is 6.05. The maximum atomic E-state index is 11.3. The number of ether oxygens (including phenoxy) is 6. The summed E-state index contributed by atoms with van der Waals surface area (Å²) in [5.74, 6) is -1.02. The van der Waals surface area contributed by atoms with Gasteiger partial charge >= 0.3 is 17.9 Å². The fraction of sp³-hybridized carbons (Fsp3) is 0.300. The Kier molecular flexibility index (Phi) is 21.8. The number of methoxy groups -OCH3 is 6. The van der Waals surface area contributed by atoms with Crippen molar-refractivity contribution in [3.8, 4) is 17.2 Å². The number of nitrogens with two attached hydrogens (primary N) is 2. The highest BCUT2D eigenvalue weighted by Gasteiger charge is 2.23. The zero-order valence-electron chi connectivity index (χ0n) is 29.1. The first-order chi connectivity index (χ1) is 23.7. The van der Waals surface area contributed by atoms with Crippen LogP contribution in [0.25, 0.3) is 0 Å². The van der Waals surface area contributed by atoms with Gasteiger partial charge in [-0.15, -0.1) is 12.4 Å². The summed E-state index contributed by atoms with van der Waals surface area (Å²) >= 11 is 5.70. The summed E-state index contributed by atoms with van der Waals surface area (Å²) in [7, 11) is 12.6. The minimum Gasteiger partial charge on any atom is -0.495 e. The number of carbonyl (C=O) groups excluding carboxylic acids is 3. The quantitative estimate of drug-likeness (QED) is 0.0723. The van der Waals surface area contributed by atoms with Gasteiger partial charge in [-0.3, -0.25) is 20.2 Å². The second-order valence-corrected chi connectivity index (χ2v) is 9.09. The molecule has 0 aliphatic rings. The number of hydrogen-bond donors (Lipinski definition) is 4. The highest BCUT2D eigenvalue weighted by atomic mass is 35.5. The molecule has 0 saturated carbocycles. The molecule has 0 aliphatic carbocycles. The van der Waals surface area contributed by atoms with E-state index < -0.39 is 33.4 Å². The maximum absolute atomic E-state index is 11.3. The van der Waals surface area contributed by atoms with E-state index >= 15 is 0 Å². The average molecular weight is 764 g/mol. The number of hydrogen-bond acceptors (Lipinski definition) is 17. The second-order valence-electron chi connectivity index (χ2n) is 8.72. The molecular formula is C30H40Cl2N6O13. The van der Waals surface area contributed by atoms with E-state index in [4.69, 9.17) is 31.5 Å². The van der Waals surface area contributed by atoms with Crippen molar-refractivity contribution in [3.05, 3.63) is 78.3 Å². The summed E-state index contributed by atoms with van der Waals surface area (Å²) in [4.78, 5) is 54.1. The van der Waals surface area contributed by atoms with E-state index in [2.05, 4.69) is 30.6 Å². The number of benzene rings is 3. The maximum Gasteiger partial charge on any atom is 0.338 e. The van der Waals surface area contributed by atoms with Gasteiger partial charge in [0.25, 0.3) is 11.4 Å². The molecule has 0 amide bonds. The smallest absolute Gasteiger partial charge is 0.338 e. The van der Waals surface area contributed by atoms with Crippen LogP contribution in [0.3, 0.4) is 0 Å². The molecule has 0 atom stereocenters. The van der Waals surface area contributed by atoms with E-state index in [0.29, 0.717) is 22.7 Å². The van der Waals surface area contributed by atoms with E-state index in [9.17, 15) is 34.6 Å². The van der Waals surface area contributed by atoms with E-state index in [1.807, 2.05) is 0 Å². The molecule has 0 heterocycles. The van der Waals surface area contributed by atoms with Crippen molar-refractivity contribution >= 4 is 70.4 Å². The van der Waals surface area contributed by atoms with Crippen LogP contribution in [0.5, 0.6) is 17.2 Å². The number of carbonyl (C=O) groups is 3. The van der Waals surface area contributed by atoms with Gasteiger partial charge in [-0.1, -0.05) is 11.6 Å². The number of nitro groups is 2. The number of nitrogen functional groups attached to an aromatic ring is 1. The zero-order valence-corrected chi connectivity index (χ0v) is 30.7. The van der Waals surface area contributed by atoms with Crippen molar-refractivity contribution in [2.45, 2.75) is 0 Å². The van der Waals surface area contributed by atoms with Gasteiger partial charge in [0.05, 0.1) is 80.6 Å². The van der Waals surface area contributed by atoms with Crippen molar-refractivity contribution in [3.63, 3.8) is 0 Å². The Labute approximate surface area is 304 Å². The summed E-state index contributed by atoms with van der Waals surface area (Å²) in [6, 6.07) is 7.96. The van der Waals surface area contributed by atoms with Crippen LogP contribution in [0.15, 0.2) is 36.4 Å². The molecule has 0 unspecified atom stereocenters. The molecule has 282 valence electrons. The number of nitrogens with zero attached hydrogens (tertiary/aromatic N) is 2. The van der Waals surface area contributed by atoms with Crippen LogP contribution in [-0.4, -0.2) is 91.6 Å². The van der Waals surface area contributed by atoms with Gasteiger partial charge in [-0.05, 0) is 31.3 Å². The van der Waals surface area contributed by atoms with Crippen molar-refractivity contribution in [2.24, 2.45) is 5.73 Å². The van der Waals surface area contributed by atoms with E-state index in [-0.39, 0.29) is 51.4 Å². The first-order valence-electron chi connectivity index (χ1n) is 13.7. The third kappa shape index (κ3) is 12.9. The lowest BCUT2D eigenvalue weighted by atomic mass is 10.1. The minimum absolute atomic E-state index is 0. The number of nitrogens with one attached hydrogen (secondary N) is 2. The SMILES string of the molecule is CN.CNc1c(N)cc(C(=O)OC)cc1OC.CNc1c(OC)cc(C(=O)OC)cc1[N+](=O)[O-].COC(=O)c1cc(OC)c(Cl)c([N+](=O)[O-])c1.Cl. The average Bonchev–Trinajstić information content (AvgIpc) is 3.13. The van der Waals surface area contributed by atoms with Gasteiger partial charge in [0.15, 0.2) is 10.7 Å². The Morgan fingerprint density at radius 3 is 1.29 bits per heavy atom. The zero-order chi connectivity index (χ0) is 38.7. The predicted molar refractivity (Wildman–Crippen MR) is 192 cm³/mol. The lowest BCUT2D eigenvalue weighted by Crippen LogP contribution is -2.06. The molecular weight excluding hydrogens is 723 g/mol. The van der Waals surface area contributed by atoms with E-state index in [1.54, 1.807) is 19.2 Å². The van der Waals surface area contributed by atoms with Crippen LogP contribution in [-0.2, 0) is 14.2 Å². The van der Waals surface area contributed by atoms with E-state index in [0.717, 1.165) is 12.1 Å². The van der Waals surface area contributed by atoms with Crippen molar-refractivity contribution < 1.29 is 52.7 Å². The fourth-order valence-corrected chi connectivity index (χ4v) is 4.05. The van der Waals surface area contributed by atoms with Gasteiger partial charge in [-0.25, -0.2) is 14.4 Å². The van der Waals surface area contributed by atoms with Crippen molar-refractivity contribution in [1.82, 2.24) is 0 Å². The summed E-state index contributed by atoms with van der Waals surface area (Å²) in [6.07, 6.45) is 0. The Balaban J connectivity index is 0. The molecule has 0 saturated heterocycles. The monoisotopic (exact) mass is 762 g/mol. The molecule has 21 heteroatoms. The normalized spacial score (nSPS) is 9.16. The number of nitro benzene ring substituents is 2. The van der Waals surface area contributed by atoms with Crippen LogP contribution in [0.1, 0.15) is 31.1 Å². The Hall–Kier alpha value is -5.79. The Bertz CT molecular complexity index is 1680. The molecule has 0 spiro atoms. The minimum atomic E-state index is -0.697. The first-order valence-corrected chi connectivity index (χ1v) is 14.1. The molecule has 0 fully saturated rings. The molecule has 0 aliphatic heterocycles. The highest BCUT2D eigenvalue weighted by Crippen LogP contribution is 2.36. The molecule has 3 aromatic carbocycles.